The van der Waals surface area contributed by atoms with Gasteiger partial charge in [-0.25, -0.2) is 4.79 Å². The number of hydrogen-bond donors (Lipinski definition) is 0. The van der Waals surface area contributed by atoms with Crippen molar-refractivity contribution in [3.8, 4) is 0 Å². The lowest BCUT2D eigenvalue weighted by Crippen LogP contribution is -2.58. The first-order valence-electron chi connectivity index (χ1n) is 7.36. The highest BCUT2D eigenvalue weighted by Crippen LogP contribution is 2.38. The molecule has 2 rings (SSSR count). The van der Waals surface area contributed by atoms with E-state index >= 15 is 0 Å². The molecule has 110 valence electrons. The highest BCUT2D eigenvalue weighted by atomic mass is 16.7. The molecule has 1 aliphatic heterocycles. The summed E-state index contributed by atoms with van der Waals surface area (Å²) >= 11 is 0. The Balaban J connectivity index is 2.05. The van der Waals surface area contributed by atoms with Gasteiger partial charge in [0.05, 0.1) is 17.5 Å². The van der Waals surface area contributed by atoms with Crippen molar-refractivity contribution in [1.82, 2.24) is 5.06 Å². The van der Waals surface area contributed by atoms with Crippen molar-refractivity contribution in [2.24, 2.45) is 0 Å². The maximum atomic E-state index is 12.2. The van der Waals surface area contributed by atoms with E-state index in [4.69, 9.17) is 4.84 Å². The van der Waals surface area contributed by atoms with E-state index in [9.17, 15) is 4.79 Å². The third kappa shape index (κ3) is 3.40. The molecule has 20 heavy (non-hydrogen) atoms. The third-order valence-corrected chi connectivity index (χ3v) is 4.06. The van der Waals surface area contributed by atoms with E-state index in [0.717, 1.165) is 18.4 Å². The van der Waals surface area contributed by atoms with E-state index in [1.807, 2.05) is 35.4 Å². The van der Waals surface area contributed by atoms with Gasteiger partial charge in [-0.15, -0.1) is 5.06 Å². The van der Waals surface area contributed by atoms with E-state index in [1.54, 1.807) is 0 Å². The third-order valence-electron chi connectivity index (χ3n) is 4.06. The van der Waals surface area contributed by atoms with Crippen molar-refractivity contribution in [2.45, 2.75) is 64.5 Å². The van der Waals surface area contributed by atoms with Gasteiger partial charge in [-0.2, -0.15) is 0 Å². The average molecular weight is 275 g/mol. The summed E-state index contributed by atoms with van der Waals surface area (Å²) < 4.78 is 0. The van der Waals surface area contributed by atoms with Crippen LogP contribution < -0.4 is 0 Å². The zero-order chi connectivity index (χ0) is 14.8. The van der Waals surface area contributed by atoms with Gasteiger partial charge >= 0.3 is 5.97 Å². The molecule has 1 fully saturated rings. The molecule has 0 amide bonds. The molecule has 0 bridgehead atoms. The number of piperidine rings is 1. The van der Waals surface area contributed by atoms with Crippen LogP contribution in [-0.4, -0.2) is 22.1 Å². The number of nitrogens with zero attached hydrogens (tertiary/aromatic N) is 1. The first-order valence-corrected chi connectivity index (χ1v) is 7.36. The highest BCUT2D eigenvalue weighted by molar-refractivity contribution is 5.72. The number of hydrogen-bond acceptors (Lipinski definition) is 3. The zero-order valence-corrected chi connectivity index (χ0v) is 13.0. The van der Waals surface area contributed by atoms with Crippen LogP contribution in [0.4, 0.5) is 0 Å². The van der Waals surface area contributed by atoms with Gasteiger partial charge in [0.25, 0.3) is 0 Å². The summed E-state index contributed by atoms with van der Waals surface area (Å²) in [4.78, 5) is 17.9. The fraction of sp³-hybridized carbons (Fsp3) is 0.588. The van der Waals surface area contributed by atoms with Gasteiger partial charge in [0.1, 0.15) is 0 Å². The van der Waals surface area contributed by atoms with Crippen LogP contribution in [0.1, 0.15) is 52.5 Å². The molecule has 1 aromatic carbocycles. The predicted octanol–water partition coefficient (Wildman–Crippen LogP) is 3.73. The molecule has 3 heteroatoms. The molecule has 0 atom stereocenters. The summed E-state index contributed by atoms with van der Waals surface area (Å²) in [6.07, 6.45) is 3.60. The Hall–Kier alpha value is -1.35. The lowest BCUT2D eigenvalue weighted by atomic mass is 9.82. The second kappa shape index (κ2) is 5.57. The smallest absolute Gasteiger partial charge is 0.329 e. The van der Waals surface area contributed by atoms with Crippen LogP contribution >= 0.6 is 0 Å². The standard InChI is InChI=1S/C17H25NO2/c1-16(2)11-8-12-17(3,4)18(16)20-15(19)13-14-9-6-5-7-10-14/h5-7,9-10H,8,11-13H2,1-4H3. The van der Waals surface area contributed by atoms with Gasteiger partial charge in [-0.1, -0.05) is 30.3 Å². The molecule has 0 N–H and O–H groups in total. The maximum absolute atomic E-state index is 12.2. The van der Waals surface area contributed by atoms with Crippen LogP contribution in [0.2, 0.25) is 0 Å². The Morgan fingerprint density at radius 3 is 2.20 bits per heavy atom. The lowest BCUT2D eigenvalue weighted by Gasteiger charge is -2.50. The average Bonchev–Trinajstić information content (AvgIpc) is 2.35. The molecule has 0 aromatic heterocycles. The maximum Gasteiger partial charge on any atom is 0.329 e. The Morgan fingerprint density at radius 1 is 1.10 bits per heavy atom. The summed E-state index contributed by atoms with van der Waals surface area (Å²) in [6.45, 7) is 8.57. The molecule has 1 aromatic rings. The molecule has 0 unspecified atom stereocenters. The number of hydroxylamine groups is 2. The Labute approximate surface area is 121 Å². The summed E-state index contributed by atoms with van der Waals surface area (Å²) in [5, 5.41) is 1.91. The van der Waals surface area contributed by atoms with E-state index < -0.39 is 0 Å². The van der Waals surface area contributed by atoms with Gasteiger partial charge in [-0.05, 0) is 52.5 Å². The van der Waals surface area contributed by atoms with Gasteiger partial charge in [0.15, 0.2) is 0 Å². The van der Waals surface area contributed by atoms with Crippen LogP contribution in [0.5, 0.6) is 0 Å². The highest BCUT2D eigenvalue weighted by Gasteiger charge is 2.44. The van der Waals surface area contributed by atoms with Crippen LogP contribution in [0, 0.1) is 0 Å². The van der Waals surface area contributed by atoms with Crippen LogP contribution in [0.3, 0.4) is 0 Å². The predicted molar refractivity (Wildman–Crippen MR) is 80.1 cm³/mol. The molecule has 3 nitrogen and oxygen atoms in total. The van der Waals surface area contributed by atoms with Crippen molar-refractivity contribution in [2.75, 3.05) is 0 Å². The molecular weight excluding hydrogens is 250 g/mol. The Bertz CT molecular complexity index is 449. The minimum atomic E-state index is -0.181. The second-order valence-corrected chi connectivity index (χ2v) is 6.90. The quantitative estimate of drug-likeness (QED) is 0.842. The number of carbonyl (C=O) groups excluding carboxylic acids is 1. The molecule has 0 aliphatic carbocycles. The summed E-state index contributed by atoms with van der Waals surface area (Å²) in [5.41, 5.74) is 0.785. The summed E-state index contributed by atoms with van der Waals surface area (Å²) in [6, 6.07) is 9.74. The molecule has 0 saturated carbocycles. The second-order valence-electron chi connectivity index (χ2n) is 6.90. The van der Waals surface area contributed by atoms with Gasteiger partial charge < -0.3 is 4.84 Å². The van der Waals surface area contributed by atoms with Crippen LogP contribution in [0.15, 0.2) is 30.3 Å². The van der Waals surface area contributed by atoms with E-state index in [0.29, 0.717) is 6.42 Å². The van der Waals surface area contributed by atoms with Gasteiger partial charge in [0.2, 0.25) is 0 Å². The Kier molecular flexibility index (Phi) is 4.19. The fourth-order valence-electron chi connectivity index (χ4n) is 3.12. The summed E-state index contributed by atoms with van der Waals surface area (Å²) in [7, 11) is 0. The minimum Gasteiger partial charge on any atom is -0.367 e. The van der Waals surface area contributed by atoms with Gasteiger partial charge in [0, 0.05) is 0 Å². The van der Waals surface area contributed by atoms with Crippen LogP contribution in [0.25, 0.3) is 0 Å². The number of benzene rings is 1. The number of rotatable bonds is 3. The number of carbonyl (C=O) groups is 1. The van der Waals surface area contributed by atoms with Crippen molar-refractivity contribution in [1.29, 1.82) is 0 Å². The van der Waals surface area contributed by atoms with E-state index in [1.165, 1.54) is 6.42 Å². The largest absolute Gasteiger partial charge is 0.367 e. The SMILES string of the molecule is CC1(C)CCCC(C)(C)N1OC(=O)Cc1ccccc1. The lowest BCUT2D eigenvalue weighted by molar-refractivity contribution is -0.265. The van der Waals surface area contributed by atoms with Crippen LogP contribution in [-0.2, 0) is 16.1 Å². The van der Waals surface area contributed by atoms with E-state index in [-0.39, 0.29) is 17.0 Å². The van der Waals surface area contributed by atoms with Crippen molar-refractivity contribution < 1.29 is 9.63 Å². The normalized spacial score (nSPS) is 21.4. The van der Waals surface area contributed by atoms with Crippen molar-refractivity contribution in [3.05, 3.63) is 35.9 Å². The van der Waals surface area contributed by atoms with Crippen molar-refractivity contribution in [3.63, 3.8) is 0 Å². The summed E-state index contributed by atoms with van der Waals surface area (Å²) in [5.74, 6) is -0.181. The first kappa shape index (κ1) is 15.0. The molecule has 0 radical (unpaired) electrons. The monoisotopic (exact) mass is 275 g/mol. The fourth-order valence-corrected chi connectivity index (χ4v) is 3.12. The topological polar surface area (TPSA) is 29.5 Å². The zero-order valence-electron chi connectivity index (χ0n) is 13.0. The molecule has 1 heterocycles. The Morgan fingerprint density at radius 2 is 1.65 bits per heavy atom. The van der Waals surface area contributed by atoms with Crippen molar-refractivity contribution >= 4 is 5.97 Å². The van der Waals surface area contributed by atoms with Gasteiger partial charge in [-0.3, -0.25) is 0 Å². The molecular formula is C17H25NO2. The molecule has 0 spiro atoms. The molecule has 1 aliphatic rings. The molecule has 1 saturated heterocycles. The minimum absolute atomic E-state index is 0.103. The first-order chi connectivity index (χ1) is 9.31. The van der Waals surface area contributed by atoms with E-state index in [2.05, 4.69) is 27.7 Å².